The Balaban J connectivity index is 2.08. The quantitative estimate of drug-likeness (QED) is 0.859. The van der Waals surface area contributed by atoms with Gasteiger partial charge in [0.1, 0.15) is 11.9 Å². The summed E-state index contributed by atoms with van der Waals surface area (Å²) < 4.78 is 13.5. The highest BCUT2D eigenvalue weighted by molar-refractivity contribution is 5.73. The molecule has 1 atom stereocenters. The number of carbonyl (C=O) groups is 1. The zero-order valence-corrected chi connectivity index (χ0v) is 10.1. The molecule has 1 N–H and O–H groups in total. The van der Waals surface area contributed by atoms with E-state index in [0.717, 1.165) is 18.7 Å². The molecule has 18 heavy (non-hydrogen) atoms. The summed E-state index contributed by atoms with van der Waals surface area (Å²) in [6.45, 7) is 2.94. The summed E-state index contributed by atoms with van der Waals surface area (Å²) in [5, 5.41) is 11.5. The summed E-state index contributed by atoms with van der Waals surface area (Å²) in [5.74, 6) is -0.550. The van der Waals surface area contributed by atoms with E-state index >= 15 is 0 Å². The molecule has 1 aliphatic rings. The predicted molar refractivity (Wildman–Crippen MR) is 65.5 cm³/mol. The van der Waals surface area contributed by atoms with Gasteiger partial charge in [0, 0.05) is 31.7 Å². The molecule has 0 bridgehead atoms. The SMILES string of the molecule is CC(=O)NC1CCN(c2ccc(C#N)c(F)c2)C1. The molecule has 0 spiro atoms. The van der Waals surface area contributed by atoms with Gasteiger partial charge in [-0.05, 0) is 24.6 Å². The maximum atomic E-state index is 13.5. The van der Waals surface area contributed by atoms with Crippen molar-refractivity contribution in [2.45, 2.75) is 19.4 Å². The van der Waals surface area contributed by atoms with Crippen molar-refractivity contribution in [2.75, 3.05) is 18.0 Å². The van der Waals surface area contributed by atoms with Crippen LogP contribution in [0.2, 0.25) is 0 Å². The molecule has 1 aromatic carbocycles. The number of halogens is 1. The molecule has 5 heteroatoms. The summed E-state index contributed by atoms with van der Waals surface area (Å²) >= 11 is 0. The first-order chi connectivity index (χ1) is 8.60. The zero-order valence-electron chi connectivity index (χ0n) is 10.1. The van der Waals surface area contributed by atoms with E-state index in [4.69, 9.17) is 5.26 Å². The zero-order chi connectivity index (χ0) is 13.1. The van der Waals surface area contributed by atoms with E-state index in [-0.39, 0.29) is 17.5 Å². The molecule has 1 unspecified atom stereocenters. The monoisotopic (exact) mass is 247 g/mol. The van der Waals surface area contributed by atoms with Gasteiger partial charge in [0.2, 0.25) is 5.91 Å². The third-order valence-corrected chi connectivity index (χ3v) is 3.03. The molecular weight excluding hydrogens is 233 g/mol. The van der Waals surface area contributed by atoms with Crippen LogP contribution in [0.15, 0.2) is 18.2 Å². The van der Waals surface area contributed by atoms with Crippen LogP contribution in [0.3, 0.4) is 0 Å². The Morgan fingerprint density at radius 1 is 1.61 bits per heavy atom. The minimum Gasteiger partial charge on any atom is -0.369 e. The molecule has 4 nitrogen and oxygen atoms in total. The fourth-order valence-electron chi connectivity index (χ4n) is 2.19. The third kappa shape index (κ3) is 2.59. The van der Waals surface area contributed by atoms with Crippen molar-refractivity contribution in [1.82, 2.24) is 5.32 Å². The van der Waals surface area contributed by atoms with Crippen molar-refractivity contribution in [3.63, 3.8) is 0 Å². The fraction of sp³-hybridized carbons (Fsp3) is 0.385. The van der Waals surface area contributed by atoms with Crippen molar-refractivity contribution in [3.8, 4) is 6.07 Å². The lowest BCUT2D eigenvalue weighted by Crippen LogP contribution is -2.35. The van der Waals surface area contributed by atoms with Gasteiger partial charge in [-0.25, -0.2) is 4.39 Å². The standard InChI is InChI=1S/C13H14FN3O/c1-9(18)16-11-4-5-17(8-11)12-3-2-10(7-15)13(14)6-12/h2-3,6,11H,4-5,8H2,1H3,(H,16,18). The summed E-state index contributed by atoms with van der Waals surface area (Å²) in [6.07, 6.45) is 0.848. The Kier molecular flexibility index (Phi) is 3.47. The molecule has 0 saturated carbocycles. The molecule has 1 saturated heterocycles. The number of hydrogen-bond donors (Lipinski definition) is 1. The molecule has 1 aromatic rings. The molecule has 1 amide bonds. The van der Waals surface area contributed by atoms with E-state index in [0.29, 0.717) is 6.54 Å². The Bertz CT molecular complexity index is 509. The Labute approximate surface area is 105 Å². The van der Waals surface area contributed by atoms with Crippen LogP contribution in [0, 0.1) is 17.1 Å². The second kappa shape index (κ2) is 5.05. The summed E-state index contributed by atoms with van der Waals surface area (Å²) in [6, 6.07) is 6.50. The van der Waals surface area contributed by atoms with Gasteiger partial charge in [-0.15, -0.1) is 0 Å². The minimum absolute atomic E-state index is 0.0483. The summed E-state index contributed by atoms with van der Waals surface area (Å²) in [7, 11) is 0. The van der Waals surface area contributed by atoms with Crippen LogP contribution in [0.5, 0.6) is 0 Å². The lowest BCUT2D eigenvalue weighted by Gasteiger charge is -2.19. The molecule has 0 aromatic heterocycles. The van der Waals surface area contributed by atoms with Gasteiger partial charge in [-0.1, -0.05) is 0 Å². The van der Waals surface area contributed by atoms with Gasteiger partial charge in [0.05, 0.1) is 5.56 Å². The van der Waals surface area contributed by atoms with Crippen molar-refractivity contribution < 1.29 is 9.18 Å². The average molecular weight is 247 g/mol. The second-order valence-electron chi connectivity index (χ2n) is 4.41. The van der Waals surface area contributed by atoms with Gasteiger partial charge in [-0.3, -0.25) is 4.79 Å². The van der Waals surface area contributed by atoms with Gasteiger partial charge >= 0.3 is 0 Å². The van der Waals surface area contributed by atoms with Crippen LogP contribution >= 0.6 is 0 Å². The fourth-order valence-corrected chi connectivity index (χ4v) is 2.19. The van der Waals surface area contributed by atoms with Crippen LogP contribution in [-0.2, 0) is 4.79 Å². The average Bonchev–Trinajstić information content (AvgIpc) is 2.76. The summed E-state index contributed by atoms with van der Waals surface area (Å²) in [4.78, 5) is 13.0. The lowest BCUT2D eigenvalue weighted by molar-refractivity contribution is -0.119. The molecule has 1 aliphatic heterocycles. The Hall–Kier alpha value is -2.09. The highest BCUT2D eigenvalue weighted by atomic mass is 19.1. The lowest BCUT2D eigenvalue weighted by atomic mass is 10.2. The second-order valence-corrected chi connectivity index (χ2v) is 4.41. The predicted octanol–water partition coefficient (Wildman–Crippen LogP) is 1.41. The number of nitrogens with one attached hydrogen (secondary N) is 1. The molecule has 1 fully saturated rings. The first kappa shape index (κ1) is 12.4. The normalized spacial score (nSPS) is 18.5. The number of nitrogens with zero attached hydrogens (tertiary/aromatic N) is 2. The van der Waals surface area contributed by atoms with E-state index in [1.54, 1.807) is 12.1 Å². The number of rotatable bonds is 2. The largest absolute Gasteiger partial charge is 0.369 e. The van der Waals surface area contributed by atoms with E-state index in [1.807, 2.05) is 4.90 Å². The van der Waals surface area contributed by atoms with Crippen LogP contribution < -0.4 is 10.2 Å². The number of carbonyl (C=O) groups excluding carboxylic acids is 1. The number of amides is 1. The van der Waals surface area contributed by atoms with Crippen molar-refractivity contribution in [3.05, 3.63) is 29.6 Å². The minimum atomic E-state index is -0.502. The van der Waals surface area contributed by atoms with Gasteiger partial charge < -0.3 is 10.2 Å². The van der Waals surface area contributed by atoms with Gasteiger partial charge in [0.15, 0.2) is 0 Å². The topological polar surface area (TPSA) is 56.1 Å². The van der Waals surface area contributed by atoms with E-state index < -0.39 is 5.82 Å². The van der Waals surface area contributed by atoms with Crippen LogP contribution in [-0.4, -0.2) is 25.0 Å². The maximum Gasteiger partial charge on any atom is 0.217 e. The third-order valence-electron chi connectivity index (χ3n) is 3.03. The Morgan fingerprint density at radius 2 is 2.39 bits per heavy atom. The molecule has 0 aliphatic carbocycles. The van der Waals surface area contributed by atoms with Crippen LogP contribution in [0.4, 0.5) is 10.1 Å². The number of anilines is 1. The van der Waals surface area contributed by atoms with E-state index in [9.17, 15) is 9.18 Å². The van der Waals surface area contributed by atoms with Gasteiger partial charge in [0.25, 0.3) is 0 Å². The highest BCUT2D eigenvalue weighted by Gasteiger charge is 2.23. The molecule has 0 radical (unpaired) electrons. The number of hydrogen-bond acceptors (Lipinski definition) is 3. The van der Waals surface area contributed by atoms with E-state index in [2.05, 4.69) is 5.32 Å². The van der Waals surface area contributed by atoms with Gasteiger partial charge in [-0.2, -0.15) is 5.26 Å². The first-order valence-electron chi connectivity index (χ1n) is 5.82. The number of benzene rings is 1. The van der Waals surface area contributed by atoms with Crippen molar-refractivity contribution in [2.24, 2.45) is 0 Å². The molecule has 94 valence electrons. The Morgan fingerprint density at radius 3 is 3.00 bits per heavy atom. The smallest absolute Gasteiger partial charge is 0.217 e. The van der Waals surface area contributed by atoms with Crippen molar-refractivity contribution in [1.29, 1.82) is 5.26 Å². The summed E-state index contributed by atoms with van der Waals surface area (Å²) in [5.41, 5.74) is 0.802. The number of nitriles is 1. The first-order valence-corrected chi connectivity index (χ1v) is 5.82. The maximum absolute atomic E-state index is 13.5. The van der Waals surface area contributed by atoms with Crippen molar-refractivity contribution >= 4 is 11.6 Å². The molecular formula is C13H14FN3O. The van der Waals surface area contributed by atoms with E-state index in [1.165, 1.54) is 19.1 Å². The van der Waals surface area contributed by atoms with Crippen LogP contribution in [0.1, 0.15) is 18.9 Å². The highest BCUT2D eigenvalue weighted by Crippen LogP contribution is 2.22. The van der Waals surface area contributed by atoms with Crippen LogP contribution in [0.25, 0.3) is 0 Å². The molecule has 1 heterocycles. The molecule has 2 rings (SSSR count).